The molecule has 0 aromatic heterocycles. The van der Waals surface area contributed by atoms with Crippen LogP contribution in [-0.2, 0) is 33.3 Å². The Balaban J connectivity index is 1.94. The summed E-state index contributed by atoms with van der Waals surface area (Å²) in [5, 5.41) is 0. The monoisotopic (exact) mass is 524 g/mol. The van der Waals surface area contributed by atoms with Gasteiger partial charge in [-0.05, 0) is 58.3 Å². The Morgan fingerprint density at radius 2 is 1.57 bits per heavy atom. The average Bonchev–Trinajstić information content (AvgIpc) is 3.73. The first-order valence-electron chi connectivity index (χ1n) is 14.9. The highest BCUT2D eigenvalue weighted by Crippen LogP contribution is 2.36. The molecule has 4 atom stereocenters. The Bertz CT molecular complexity index is 683. The molecule has 0 N–H and O–H groups in total. The predicted octanol–water partition coefficient (Wildman–Crippen LogP) is 6.55. The number of hydrogen-bond acceptors (Lipinski definition) is 7. The quantitative estimate of drug-likeness (QED) is 0.0819. The van der Waals surface area contributed by atoms with Gasteiger partial charge in [0, 0.05) is 0 Å². The zero-order valence-corrected chi connectivity index (χ0v) is 23.9. The van der Waals surface area contributed by atoms with Crippen LogP contribution in [-0.4, -0.2) is 49.9 Å². The lowest BCUT2D eigenvalue weighted by Gasteiger charge is -2.33. The van der Waals surface area contributed by atoms with Crippen LogP contribution in [0.4, 0.5) is 0 Å². The maximum absolute atomic E-state index is 13.3. The van der Waals surface area contributed by atoms with Crippen LogP contribution in [0.15, 0.2) is 0 Å². The van der Waals surface area contributed by atoms with Crippen molar-refractivity contribution in [2.75, 3.05) is 19.8 Å². The summed E-state index contributed by atoms with van der Waals surface area (Å²) in [6.45, 7) is 9.05. The molecular formula is C30H52O7. The molecule has 4 unspecified atom stereocenters. The topological polar surface area (TPSA) is 91.4 Å². The summed E-state index contributed by atoms with van der Waals surface area (Å²) in [6, 6.07) is 0. The molecule has 0 radical (unpaired) electrons. The van der Waals surface area contributed by atoms with Crippen LogP contribution in [0.2, 0.25) is 0 Å². The van der Waals surface area contributed by atoms with Crippen LogP contribution < -0.4 is 0 Å². The van der Waals surface area contributed by atoms with Gasteiger partial charge in [-0.3, -0.25) is 14.4 Å². The molecule has 0 spiro atoms. The lowest BCUT2D eigenvalue weighted by molar-refractivity contribution is -0.165. The van der Waals surface area contributed by atoms with Gasteiger partial charge in [0.25, 0.3) is 0 Å². The van der Waals surface area contributed by atoms with E-state index >= 15 is 0 Å². The smallest absolute Gasteiger partial charge is 0.312 e. The number of unbranched alkanes of at least 4 members (excludes halogenated alkanes) is 6. The summed E-state index contributed by atoms with van der Waals surface area (Å²) in [7, 11) is 0. The third-order valence-corrected chi connectivity index (χ3v) is 7.98. The molecule has 0 amide bonds. The van der Waals surface area contributed by atoms with Gasteiger partial charge < -0.3 is 18.9 Å². The van der Waals surface area contributed by atoms with Crippen LogP contribution in [0.3, 0.4) is 0 Å². The van der Waals surface area contributed by atoms with Crippen LogP contribution in [0.5, 0.6) is 0 Å². The highest BCUT2D eigenvalue weighted by atomic mass is 16.6. The molecule has 7 heteroatoms. The molecule has 0 aromatic rings. The minimum absolute atomic E-state index is 0.00294. The molecule has 1 aliphatic heterocycles. The highest BCUT2D eigenvalue weighted by Gasteiger charge is 2.41. The molecule has 1 heterocycles. The molecule has 2 rings (SSSR count). The van der Waals surface area contributed by atoms with Gasteiger partial charge in [0.05, 0.1) is 30.5 Å². The summed E-state index contributed by atoms with van der Waals surface area (Å²) in [4.78, 5) is 39.0. The van der Waals surface area contributed by atoms with Gasteiger partial charge in [-0.15, -0.1) is 0 Å². The van der Waals surface area contributed by atoms with E-state index in [4.69, 9.17) is 18.9 Å². The van der Waals surface area contributed by atoms with Crippen molar-refractivity contribution in [3.05, 3.63) is 0 Å². The predicted molar refractivity (Wildman–Crippen MR) is 143 cm³/mol. The van der Waals surface area contributed by atoms with Gasteiger partial charge >= 0.3 is 17.9 Å². The highest BCUT2D eigenvalue weighted by molar-refractivity contribution is 5.79. The van der Waals surface area contributed by atoms with E-state index in [0.29, 0.717) is 26.1 Å². The minimum Gasteiger partial charge on any atom is -0.465 e. The summed E-state index contributed by atoms with van der Waals surface area (Å²) in [5.74, 6) is -1.98. The molecule has 2 fully saturated rings. The summed E-state index contributed by atoms with van der Waals surface area (Å²) >= 11 is 0. The number of carbonyl (C=O) groups excluding carboxylic acids is 3. The molecular weight excluding hydrogens is 472 g/mol. The lowest BCUT2D eigenvalue weighted by Crippen LogP contribution is -2.37. The molecule has 1 aliphatic carbocycles. The Labute approximate surface area is 224 Å². The third-order valence-electron chi connectivity index (χ3n) is 7.98. The molecule has 0 aromatic carbocycles. The van der Waals surface area contributed by atoms with Crippen LogP contribution >= 0.6 is 0 Å². The van der Waals surface area contributed by atoms with Crippen molar-refractivity contribution in [1.29, 1.82) is 0 Å². The number of rotatable bonds is 19. The fourth-order valence-corrected chi connectivity index (χ4v) is 5.01. The molecule has 1 saturated carbocycles. The van der Waals surface area contributed by atoms with Crippen LogP contribution in [0.25, 0.3) is 0 Å². The van der Waals surface area contributed by atoms with Gasteiger partial charge in [0.2, 0.25) is 0 Å². The molecule has 214 valence electrons. The Kier molecular flexibility index (Phi) is 14.6. The molecule has 37 heavy (non-hydrogen) atoms. The van der Waals surface area contributed by atoms with E-state index in [9.17, 15) is 14.4 Å². The van der Waals surface area contributed by atoms with Gasteiger partial charge in [-0.1, -0.05) is 65.7 Å². The number of ether oxygens (including phenoxy) is 4. The first kappa shape index (κ1) is 31.6. The number of carbonyl (C=O) groups is 3. The van der Waals surface area contributed by atoms with Gasteiger partial charge in [-0.25, -0.2) is 0 Å². The average molecular weight is 525 g/mol. The van der Waals surface area contributed by atoms with Crippen molar-refractivity contribution >= 4 is 17.9 Å². The van der Waals surface area contributed by atoms with Crippen molar-refractivity contribution in [1.82, 2.24) is 0 Å². The normalized spacial score (nSPS) is 20.9. The van der Waals surface area contributed by atoms with Crippen molar-refractivity contribution in [2.45, 2.75) is 136 Å². The number of hydrogen-bond donors (Lipinski definition) is 0. The fraction of sp³-hybridized carbons (Fsp3) is 0.900. The van der Waals surface area contributed by atoms with Crippen LogP contribution in [0.1, 0.15) is 124 Å². The maximum atomic E-state index is 13.3. The lowest BCUT2D eigenvalue weighted by atomic mass is 9.76. The maximum Gasteiger partial charge on any atom is 0.312 e. The van der Waals surface area contributed by atoms with E-state index in [1.165, 1.54) is 32.1 Å². The second-order valence-corrected chi connectivity index (χ2v) is 11.5. The van der Waals surface area contributed by atoms with E-state index in [0.717, 1.165) is 44.9 Å². The number of esters is 3. The Morgan fingerprint density at radius 3 is 2.19 bits per heavy atom. The summed E-state index contributed by atoms with van der Waals surface area (Å²) in [6.07, 6.45) is 14.2. The van der Waals surface area contributed by atoms with Crippen molar-refractivity contribution in [3.8, 4) is 0 Å². The first-order valence-corrected chi connectivity index (χ1v) is 14.9. The summed E-state index contributed by atoms with van der Waals surface area (Å²) < 4.78 is 22.1. The molecule has 0 bridgehead atoms. The zero-order chi connectivity index (χ0) is 27.1. The van der Waals surface area contributed by atoms with E-state index in [1.807, 2.05) is 13.8 Å². The SMILES string of the molecule is CCCCCCCCCOC(=O)C(CC(C)C(=O)OCC1CO1)CC(C)(CC)C(=O)OC1CCCCC1. The minimum atomic E-state index is -0.814. The van der Waals surface area contributed by atoms with E-state index in [1.54, 1.807) is 6.92 Å². The standard InChI is InChI=1S/C30H52O7/c1-5-7-8-9-10-11-15-18-34-28(32)24(19-23(3)27(31)36-22-26-21-35-26)20-30(4,6-2)29(33)37-25-16-13-12-14-17-25/h23-26H,5-22H2,1-4H3. The van der Waals surface area contributed by atoms with E-state index in [2.05, 4.69) is 6.92 Å². The third kappa shape index (κ3) is 12.2. The summed E-state index contributed by atoms with van der Waals surface area (Å²) in [5.41, 5.74) is -0.814. The number of epoxide rings is 1. The molecule has 7 nitrogen and oxygen atoms in total. The van der Waals surface area contributed by atoms with Gasteiger partial charge in [0.15, 0.2) is 0 Å². The van der Waals surface area contributed by atoms with Crippen LogP contribution in [0, 0.1) is 17.3 Å². The Morgan fingerprint density at radius 1 is 0.919 bits per heavy atom. The van der Waals surface area contributed by atoms with Gasteiger partial charge in [-0.2, -0.15) is 0 Å². The Hall–Kier alpha value is -1.63. The molecule has 1 saturated heterocycles. The fourth-order valence-electron chi connectivity index (χ4n) is 5.01. The zero-order valence-electron chi connectivity index (χ0n) is 23.9. The van der Waals surface area contributed by atoms with E-state index in [-0.39, 0.29) is 43.1 Å². The largest absolute Gasteiger partial charge is 0.465 e. The second-order valence-electron chi connectivity index (χ2n) is 11.5. The molecule has 2 aliphatic rings. The van der Waals surface area contributed by atoms with Crippen molar-refractivity contribution in [3.63, 3.8) is 0 Å². The van der Waals surface area contributed by atoms with Crippen molar-refractivity contribution in [2.24, 2.45) is 17.3 Å². The first-order chi connectivity index (χ1) is 17.8. The van der Waals surface area contributed by atoms with Gasteiger partial charge in [0.1, 0.15) is 18.8 Å². The van der Waals surface area contributed by atoms with Crippen molar-refractivity contribution < 1.29 is 33.3 Å². The second kappa shape index (κ2) is 17.1. The van der Waals surface area contributed by atoms with E-state index < -0.39 is 17.3 Å².